The number of nitrogens with zero attached hydrogens (tertiary/aromatic N) is 1. The van der Waals surface area contributed by atoms with Crippen LogP contribution in [-0.2, 0) is 6.54 Å². The van der Waals surface area contributed by atoms with E-state index in [1.807, 2.05) is 49.4 Å². The molecule has 0 aliphatic carbocycles. The molecule has 0 unspecified atom stereocenters. The van der Waals surface area contributed by atoms with Gasteiger partial charge in [0, 0.05) is 17.6 Å². The zero-order valence-corrected chi connectivity index (χ0v) is 13.8. The van der Waals surface area contributed by atoms with Crippen LogP contribution in [0.3, 0.4) is 0 Å². The van der Waals surface area contributed by atoms with E-state index < -0.39 is 0 Å². The molecule has 5 heteroatoms. The molecule has 0 radical (unpaired) electrons. The summed E-state index contributed by atoms with van der Waals surface area (Å²) in [6.07, 6.45) is 0. The Bertz CT molecular complexity index is 702. The second-order valence-electron chi connectivity index (χ2n) is 4.99. The summed E-state index contributed by atoms with van der Waals surface area (Å²) in [7, 11) is 0. The minimum atomic E-state index is 0.00708. The molecule has 1 amide bonds. The smallest absolute Gasteiger partial charge is 0.255 e. The lowest BCUT2D eigenvalue weighted by atomic mass is 10.1. The number of ether oxygens (including phenoxy) is 2. The van der Waals surface area contributed by atoms with Crippen LogP contribution < -0.4 is 9.47 Å². The van der Waals surface area contributed by atoms with Gasteiger partial charge in [0.2, 0.25) is 6.79 Å². The first kappa shape index (κ1) is 14.9. The summed E-state index contributed by atoms with van der Waals surface area (Å²) in [4.78, 5) is 14.5. The van der Waals surface area contributed by atoms with Crippen molar-refractivity contribution in [1.82, 2.24) is 4.90 Å². The maximum absolute atomic E-state index is 12.7. The van der Waals surface area contributed by atoms with Gasteiger partial charge >= 0.3 is 0 Å². The number of hydrogen-bond acceptors (Lipinski definition) is 3. The van der Waals surface area contributed by atoms with Gasteiger partial charge in [0.1, 0.15) is 0 Å². The van der Waals surface area contributed by atoms with E-state index in [0.717, 1.165) is 21.5 Å². The van der Waals surface area contributed by atoms with Crippen molar-refractivity contribution in [2.24, 2.45) is 0 Å². The molecule has 22 heavy (non-hydrogen) atoms. The molecule has 4 nitrogen and oxygen atoms in total. The first-order valence-corrected chi connectivity index (χ1v) is 7.90. The van der Waals surface area contributed by atoms with Gasteiger partial charge in [0.05, 0.1) is 5.56 Å². The summed E-state index contributed by atoms with van der Waals surface area (Å²) in [6.45, 7) is 3.40. The van der Waals surface area contributed by atoms with Gasteiger partial charge in [-0.2, -0.15) is 0 Å². The maximum atomic E-state index is 12.7. The summed E-state index contributed by atoms with van der Waals surface area (Å²) in [6, 6.07) is 13.2. The Kier molecular flexibility index (Phi) is 4.34. The number of carbonyl (C=O) groups excluding carboxylic acids is 1. The molecule has 0 saturated heterocycles. The number of fused-ring (bicyclic) bond motifs is 1. The molecular weight excluding hydrogens is 346 g/mol. The van der Waals surface area contributed by atoms with Crippen molar-refractivity contribution in [3.05, 3.63) is 58.1 Å². The van der Waals surface area contributed by atoms with Gasteiger partial charge in [0.15, 0.2) is 11.5 Å². The van der Waals surface area contributed by atoms with Crippen LogP contribution in [0.15, 0.2) is 46.9 Å². The highest BCUT2D eigenvalue weighted by atomic mass is 79.9. The summed E-state index contributed by atoms with van der Waals surface area (Å²) in [5.41, 5.74) is 1.69. The Labute approximate surface area is 137 Å². The molecule has 2 aromatic carbocycles. The van der Waals surface area contributed by atoms with Crippen LogP contribution in [0, 0.1) is 0 Å². The number of benzene rings is 2. The van der Waals surface area contributed by atoms with Crippen molar-refractivity contribution in [3.63, 3.8) is 0 Å². The van der Waals surface area contributed by atoms with Crippen molar-refractivity contribution < 1.29 is 14.3 Å². The molecule has 114 valence electrons. The minimum Gasteiger partial charge on any atom is -0.454 e. The first-order valence-electron chi connectivity index (χ1n) is 7.11. The van der Waals surface area contributed by atoms with Gasteiger partial charge in [-0.25, -0.2) is 0 Å². The van der Waals surface area contributed by atoms with E-state index in [2.05, 4.69) is 15.9 Å². The molecule has 2 aromatic rings. The van der Waals surface area contributed by atoms with Crippen LogP contribution in [0.2, 0.25) is 0 Å². The molecule has 0 spiro atoms. The number of rotatable bonds is 4. The average Bonchev–Trinajstić information content (AvgIpc) is 3.00. The predicted octanol–water partition coefficient (Wildman–Crippen LogP) is 3.84. The fourth-order valence-corrected chi connectivity index (χ4v) is 2.85. The van der Waals surface area contributed by atoms with E-state index in [1.54, 1.807) is 4.90 Å². The van der Waals surface area contributed by atoms with Gasteiger partial charge in [0.25, 0.3) is 5.91 Å². The van der Waals surface area contributed by atoms with Crippen LogP contribution in [0.1, 0.15) is 22.8 Å². The predicted molar refractivity (Wildman–Crippen MR) is 87.1 cm³/mol. The third-order valence-corrected chi connectivity index (χ3v) is 4.28. The molecule has 0 bridgehead atoms. The van der Waals surface area contributed by atoms with Crippen LogP contribution in [-0.4, -0.2) is 24.1 Å². The number of amides is 1. The SMILES string of the molecule is CCN(Cc1ccc2c(c1)OCO2)C(=O)c1ccccc1Br. The third-order valence-electron chi connectivity index (χ3n) is 3.58. The summed E-state index contributed by atoms with van der Waals surface area (Å²) in [5, 5.41) is 0. The molecule has 0 atom stereocenters. The summed E-state index contributed by atoms with van der Waals surface area (Å²) in [5.74, 6) is 1.50. The molecular formula is C17H16BrNO3. The molecule has 0 N–H and O–H groups in total. The van der Waals surface area contributed by atoms with Crippen LogP contribution >= 0.6 is 15.9 Å². The van der Waals surface area contributed by atoms with Crippen LogP contribution in [0.25, 0.3) is 0 Å². The summed E-state index contributed by atoms with van der Waals surface area (Å²) < 4.78 is 11.5. The molecule has 1 aliphatic rings. The molecule has 0 aromatic heterocycles. The third kappa shape index (κ3) is 2.95. The van der Waals surface area contributed by atoms with E-state index in [1.165, 1.54) is 0 Å². The maximum Gasteiger partial charge on any atom is 0.255 e. The monoisotopic (exact) mass is 361 g/mol. The average molecular weight is 362 g/mol. The molecule has 3 rings (SSSR count). The molecule has 0 fully saturated rings. The van der Waals surface area contributed by atoms with Gasteiger partial charge in [-0.15, -0.1) is 0 Å². The lowest BCUT2D eigenvalue weighted by molar-refractivity contribution is 0.0751. The zero-order chi connectivity index (χ0) is 15.5. The highest BCUT2D eigenvalue weighted by molar-refractivity contribution is 9.10. The fraction of sp³-hybridized carbons (Fsp3) is 0.235. The van der Waals surface area contributed by atoms with E-state index >= 15 is 0 Å². The largest absolute Gasteiger partial charge is 0.454 e. The number of carbonyl (C=O) groups is 1. The van der Waals surface area contributed by atoms with Crippen molar-refractivity contribution in [2.45, 2.75) is 13.5 Å². The Morgan fingerprint density at radius 3 is 2.73 bits per heavy atom. The van der Waals surface area contributed by atoms with E-state index in [4.69, 9.17) is 9.47 Å². The normalized spacial score (nSPS) is 12.3. The Morgan fingerprint density at radius 2 is 1.95 bits per heavy atom. The Balaban J connectivity index is 1.80. The van der Waals surface area contributed by atoms with Crippen LogP contribution in [0.5, 0.6) is 11.5 Å². The lowest BCUT2D eigenvalue weighted by Gasteiger charge is -2.21. The van der Waals surface area contributed by atoms with E-state index in [-0.39, 0.29) is 12.7 Å². The van der Waals surface area contributed by atoms with E-state index in [9.17, 15) is 4.79 Å². The Hall–Kier alpha value is -2.01. The van der Waals surface area contributed by atoms with E-state index in [0.29, 0.717) is 18.7 Å². The first-order chi connectivity index (χ1) is 10.7. The van der Waals surface area contributed by atoms with Crippen LogP contribution in [0.4, 0.5) is 0 Å². The highest BCUT2D eigenvalue weighted by Crippen LogP contribution is 2.33. The van der Waals surface area contributed by atoms with Crippen molar-refractivity contribution in [1.29, 1.82) is 0 Å². The van der Waals surface area contributed by atoms with Gasteiger partial charge in [-0.1, -0.05) is 18.2 Å². The van der Waals surface area contributed by atoms with Crippen molar-refractivity contribution in [3.8, 4) is 11.5 Å². The topological polar surface area (TPSA) is 38.8 Å². The molecule has 1 aliphatic heterocycles. The fourth-order valence-electron chi connectivity index (χ4n) is 2.39. The van der Waals surface area contributed by atoms with Crippen molar-refractivity contribution >= 4 is 21.8 Å². The van der Waals surface area contributed by atoms with Gasteiger partial charge in [-0.3, -0.25) is 4.79 Å². The molecule has 1 heterocycles. The summed E-state index contributed by atoms with van der Waals surface area (Å²) >= 11 is 3.44. The zero-order valence-electron chi connectivity index (χ0n) is 12.2. The second-order valence-corrected chi connectivity index (χ2v) is 5.84. The lowest BCUT2D eigenvalue weighted by Crippen LogP contribution is -2.30. The Morgan fingerprint density at radius 1 is 1.18 bits per heavy atom. The van der Waals surface area contributed by atoms with Crippen molar-refractivity contribution in [2.75, 3.05) is 13.3 Å². The second kappa shape index (κ2) is 6.40. The standard InChI is InChI=1S/C17H16BrNO3/c1-2-19(17(20)13-5-3-4-6-14(13)18)10-12-7-8-15-16(9-12)22-11-21-15/h3-9H,2,10-11H2,1H3. The highest BCUT2D eigenvalue weighted by Gasteiger charge is 2.19. The molecule has 0 saturated carbocycles. The number of halogens is 1. The quantitative estimate of drug-likeness (QED) is 0.830. The minimum absolute atomic E-state index is 0.00708. The van der Waals surface area contributed by atoms with Gasteiger partial charge in [-0.05, 0) is 52.7 Å². The number of hydrogen-bond donors (Lipinski definition) is 0. The van der Waals surface area contributed by atoms with Gasteiger partial charge < -0.3 is 14.4 Å².